The molecule has 29 heavy (non-hydrogen) atoms. The summed E-state index contributed by atoms with van der Waals surface area (Å²) in [5, 5.41) is 5.52. The lowest BCUT2D eigenvalue weighted by Crippen LogP contribution is -2.21. The van der Waals surface area contributed by atoms with Crippen LogP contribution in [0.25, 0.3) is 0 Å². The van der Waals surface area contributed by atoms with Crippen molar-refractivity contribution in [2.24, 2.45) is 0 Å². The van der Waals surface area contributed by atoms with E-state index < -0.39 is 0 Å². The normalized spacial score (nSPS) is 12.0. The van der Waals surface area contributed by atoms with Gasteiger partial charge in [0.1, 0.15) is 12.4 Å². The van der Waals surface area contributed by atoms with Gasteiger partial charge in [0.25, 0.3) is 0 Å². The fourth-order valence-electron chi connectivity index (χ4n) is 3.24. The first-order chi connectivity index (χ1) is 14.1. The van der Waals surface area contributed by atoms with Gasteiger partial charge in [0.2, 0.25) is 0 Å². The highest BCUT2D eigenvalue weighted by molar-refractivity contribution is 6.36. The summed E-state index contributed by atoms with van der Waals surface area (Å²) in [4.78, 5) is 0. The number of halogens is 3. The second kappa shape index (κ2) is 10.9. The lowest BCUT2D eigenvalue weighted by Gasteiger charge is -2.20. The largest absolute Gasteiger partial charge is 0.488 e. The maximum absolute atomic E-state index is 6.27. The van der Waals surface area contributed by atoms with Crippen molar-refractivity contribution in [2.75, 3.05) is 0 Å². The first kappa shape index (κ1) is 22.0. The van der Waals surface area contributed by atoms with Crippen LogP contribution < -0.4 is 10.1 Å². The van der Waals surface area contributed by atoms with E-state index in [2.05, 4.69) is 36.5 Å². The summed E-state index contributed by atoms with van der Waals surface area (Å²) in [6, 6.07) is 21.9. The Hall–Kier alpha value is -1.71. The van der Waals surface area contributed by atoms with Crippen molar-refractivity contribution < 1.29 is 4.74 Å². The van der Waals surface area contributed by atoms with E-state index in [-0.39, 0.29) is 6.04 Å². The third kappa shape index (κ3) is 6.13. The molecule has 0 aromatic heterocycles. The molecule has 3 aromatic rings. The van der Waals surface area contributed by atoms with Crippen LogP contribution in [-0.2, 0) is 13.2 Å². The topological polar surface area (TPSA) is 21.3 Å². The smallest absolute Gasteiger partial charge is 0.124 e. The van der Waals surface area contributed by atoms with Gasteiger partial charge in [-0.25, -0.2) is 0 Å². The zero-order valence-electron chi connectivity index (χ0n) is 16.3. The lowest BCUT2D eigenvalue weighted by molar-refractivity contribution is 0.301. The summed E-state index contributed by atoms with van der Waals surface area (Å²) in [5.74, 6) is 0.765. The molecular weight excluding hydrogens is 425 g/mol. The Kier molecular flexibility index (Phi) is 8.26. The molecule has 0 heterocycles. The molecule has 1 unspecified atom stereocenters. The van der Waals surface area contributed by atoms with Gasteiger partial charge in [-0.2, -0.15) is 0 Å². The molecule has 0 bridgehead atoms. The van der Waals surface area contributed by atoms with Crippen LogP contribution >= 0.6 is 34.8 Å². The molecule has 0 aliphatic heterocycles. The molecule has 2 nitrogen and oxygen atoms in total. The predicted octanol–water partition coefficient (Wildman–Crippen LogP) is 7.86. The quantitative estimate of drug-likeness (QED) is 0.360. The Morgan fingerprint density at radius 3 is 2.31 bits per heavy atom. The molecule has 0 amide bonds. The van der Waals surface area contributed by atoms with Crippen LogP contribution in [0, 0.1) is 0 Å². The van der Waals surface area contributed by atoms with Crippen LogP contribution in [0.1, 0.15) is 42.5 Å². The molecule has 0 saturated carbocycles. The molecular formula is C24H24Cl3NO. The summed E-state index contributed by atoms with van der Waals surface area (Å²) >= 11 is 18.8. The average molecular weight is 449 g/mol. The second-order valence-electron chi connectivity index (χ2n) is 6.87. The van der Waals surface area contributed by atoms with Crippen LogP contribution in [0.15, 0.2) is 66.7 Å². The lowest BCUT2D eigenvalue weighted by atomic mass is 10.0. The Morgan fingerprint density at radius 1 is 0.897 bits per heavy atom. The summed E-state index contributed by atoms with van der Waals surface area (Å²) in [6.07, 6.45) is 2.15. The Morgan fingerprint density at radius 2 is 1.62 bits per heavy atom. The average Bonchev–Trinajstić information content (AvgIpc) is 2.72. The van der Waals surface area contributed by atoms with Gasteiger partial charge in [0.05, 0.1) is 0 Å². The van der Waals surface area contributed by atoms with E-state index in [9.17, 15) is 0 Å². The standard InChI is InChI=1S/C24H24Cl3NO/c1-2-7-23(17-8-4-3-5-9-17)28-15-18-14-19(25)12-13-24(18)29-16-20-21(26)10-6-11-22(20)27/h3-6,8-14,23,28H,2,7,15-16H2,1H3. The second-order valence-corrected chi connectivity index (χ2v) is 8.12. The van der Waals surface area contributed by atoms with Crippen molar-refractivity contribution in [3.8, 4) is 5.75 Å². The van der Waals surface area contributed by atoms with E-state index in [0.717, 1.165) is 29.7 Å². The minimum absolute atomic E-state index is 0.269. The van der Waals surface area contributed by atoms with Crippen molar-refractivity contribution in [3.05, 3.63) is 98.5 Å². The summed E-state index contributed by atoms with van der Waals surface area (Å²) < 4.78 is 6.07. The predicted molar refractivity (Wildman–Crippen MR) is 123 cm³/mol. The minimum Gasteiger partial charge on any atom is -0.488 e. The van der Waals surface area contributed by atoms with Crippen molar-refractivity contribution in [3.63, 3.8) is 0 Å². The summed E-state index contributed by atoms with van der Waals surface area (Å²) in [7, 11) is 0. The van der Waals surface area contributed by atoms with E-state index in [1.807, 2.05) is 42.5 Å². The molecule has 152 valence electrons. The van der Waals surface area contributed by atoms with Crippen molar-refractivity contribution in [1.82, 2.24) is 5.32 Å². The maximum atomic E-state index is 6.27. The highest BCUT2D eigenvalue weighted by Crippen LogP contribution is 2.29. The molecule has 0 radical (unpaired) electrons. The van der Waals surface area contributed by atoms with Gasteiger partial charge in [-0.05, 0) is 42.3 Å². The van der Waals surface area contributed by atoms with E-state index in [1.165, 1.54) is 5.56 Å². The van der Waals surface area contributed by atoms with E-state index >= 15 is 0 Å². The van der Waals surface area contributed by atoms with Gasteiger partial charge in [-0.1, -0.05) is 84.5 Å². The molecule has 0 aliphatic carbocycles. The summed E-state index contributed by atoms with van der Waals surface area (Å²) in [6.45, 7) is 3.13. The van der Waals surface area contributed by atoms with Crippen LogP contribution in [0.4, 0.5) is 0 Å². The zero-order chi connectivity index (χ0) is 20.6. The number of benzene rings is 3. The first-order valence-electron chi connectivity index (χ1n) is 9.71. The van der Waals surface area contributed by atoms with Gasteiger partial charge >= 0.3 is 0 Å². The van der Waals surface area contributed by atoms with Gasteiger partial charge in [0, 0.05) is 38.8 Å². The van der Waals surface area contributed by atoms with E-state index in [1.54, 1.807) is 0 Å². The van der Waals surface area contributed by atoms with Crippen LogP contribution in [0.3, 0.4) is 0 Å². The van der Waals surface area contributed by atoms with E-state index in [0.29, 0.717) is 28.2 Å². The molecule has 3 aromatic carbocycles. The van der Waals surface area contributed by atoms with E-state index in [4.69, 9.17) is 39.5 Å². The van der Waals surface area contributed by atoms with Crippen LogP contribution in [0.2, 0.25) is 15.1 Å². The number of hydrogen-bond donors (Lipinski definition) is 1. The number of rotatable bonds is 9. The third-order valence-electron chi connectivity index (χ3n) is 4.77. The molecule has 0 aliphatic rings. The Labute approximate surface area is 187 Å². The molecule has 0 spiro atoms. The molecule has 1 N–H and O–H groups in total. The molecule has 3 rings (SSSR count). The van der Waals surface area contributed by atoms with Gasteiger partial charge in [-0.3, -0.25) is 0 Å². The van der Waals surface area contributed by atoms with Gasteiger partial charge in [-0.15, -0.1) is 0 Å². The monoisotopic (exact) mass is 447 g/mol. The van der Waals surface area contributed by atoms with Gasteiger partial charge in [0.15, 0.2) is 0 Å². The van der Waals surface area contributed by atoms with Crippen LogP contribution in [-0.4, -0.2) is 0 Å². The summed E-state index contributed by atoms with van der Waals surface area (Å²) in [5.41, 5.74) is 3.05. The first-order valence-corrected chi connectivity index (χ1v) is 10.8. The zero-order valence-corrected chi connectivity index (χ0v) is 18.6. The minimum atomic E-state index is 0.269. The van der Waals surface area contributed by atoms with Crippen molar-refractivity contribution in [2.45, 2.75) is 39.0 Å². The fourth-order valence-corrected chi connectivity index (χ4v) is 3.94. The highest BCUT2D eigenvalue weighted by atomic mass is 35.5. The molecule has 0 fully saturated rings. The number of nitrogens with one attached hydrogen (secondary N) is 1. The molecule has 5 heteroatoms. The number of hydrogen-bond acceptors (Lipinski definition) is 2. The molecule has 1 atom stereocenters. The van der Waals surface area contributed by atoms with Crippen molar-refractivity contribution in [1.29, 1.82) is 0 Å². The van der Waals surface area contributed by atoms with Crippen molar-refractivity contribution >= 4 is 34.8 Å². The highest BCUT2D eigenvalue weighted by Gasteiger charge is 2.13. The van der Waals surface area contributed by atoms with Crippen LogP contribution in [0.5, 0.6) is 5.75 Å². The fraction of sp³-hybridized carbons (Fsp3) is 0.250. The Bertz CT molecular complexity index is 910. The van der Waals surface area contributed by atoms with Gasteiger partial charge < -0.3 is 10.1 Å². The Balaban J connectivity index is 1.74. The number of ether oxygens (including phenoxy) is 1. The third-order valence-corrected chi connectivity index (χ3v) is 5.72. The maximum Gasteiger partial charge on any atom is 0.124 e. The molecule has 0 saturated heterocycles. The SMILES string of the molecule is CCCC(NCc1cc(Cl)ccc1OCc1c(Cl)cccc1Cl)c1ccccc1.